The van der Waals surface area contributed by atoms with Gasteiger partial charge in [0.2, 0.25) is 0 Å². The molecule has 1 fully saturated rings. The lowest BCUT2D eigenvalue weighted by atomic mass is 9.97. The van der Waals surface area contributed by atoms with E-state index in [4.69, 9.17) is 0 Å². The first-order chi connectivity index (χ1) is 10.2. The summed E-state index contributed by atoms with van der Waals surface area (Å²) in [6.45, 7) is 4.50. The van der Waals surface area contributed by atoms with E-state index in [1.807, 2.05) is 25.4 Å². The molecule has 1 aliphatic heterocycles. The Labute approximate surface area is 125 Å². The molecule has 2 heterocycles. The number of hydrogen-bond acceptors (Lipinski definition) is 3. The molecular formula is C17H20N4. The van der Waals surface area contributed by atoms with Crippen LogP contribution < -0.4 is 4.90 Å². The van der Waals surface area contributed by atoms with E-state index < -0.39 is 0 Å². The first kappa shape index (κ1) is 13.7. The fourth-order valence-corrected chi connectivity index (χ4v) is 2.86. The van der Waals surface area contributed by atoms with Crippen LogP contribution in [-0.4, -0.2) is 22.9 Å². The molecule has 0 unspecified atom stereocenters. The van der Waals surface area contributed by atoms with E-state index in [2.05, 4.69) is 35.1 Å². The van der Waals surface area contributed by atoms with Crippen LogP contribution >= 0.6 is 0 Å². The minimum Gasteiger partial charge on any atom is -0.371 e. The van der Waals surface area contributed by atoms with Crippen molar-refractivity contribution in [1.82, 2.24) is 9.78 Å². The van der Waals surface area contributed by atoms with Gasteiger partial charge in [-0.2, -0.15) is 10.4 Å². The van der Waals surface area contributed by atoms with Crippen molar-refractivity contribution in [2.45, 2.75) is 19.8 Å². The van der Waals surface area contributed by atoms with E-state index in [1.165, 1.54) is 18.5 Å². The Morgan fingerprint density at radius 2 is 2.00 bits per heavy atom. The summed E-state index contributed by atoms with van der Waals surface area (Å²) in [7, 11) is 1.89. The third-order valence-electron chi connectivity index (χ3n) is 4.26. The maximum Gasteiger partial charge on any atom is 0.0998 e. The van der Waals surface area contributed by atoms with E-state index in [1.54, 1.807) is 4.68 Å². The van der Waals surface area contributed by atoms with E-state index in [0.717, 1.165) is 30.3 Å². The molecule has 0 N–H and O–H groups in total. The van der Waals surface area contributed by atoms with Gasteiger partial charge in [0.25, 0.3) is 0 Å². The Morgan fingerprint density at radius 3 is 2.62 bits per heavy atom. The highest BCUT2D eigenvalue weighted by atomic mass is 15.2. The molecule has 0 bridgehead atoms. The average Bonchev–Trinajstić information content (AvgIpc) is 2.94. The zero-order chi connectivity index (χ0) is 14.8. The van der Waals surface area contributed by atoms with Crippen molar-refractivity contribution in [3.05, 3.63) is 36.0 Å². The van der Waals surface area contributed by atoms with E-state index in [-0.39, 0.29) is 0 Å². The highest BCUT2D eigenvalue weighted by molar-refractivity contribution is 5.72. The molecule has 3 rings (SSSR count). The number of aryl methyl sites for hydroxylation is 1. The number of aromatic nitrogens is 2. The summed E-state index contributed by atoms with van der Waals surface area (Å²) >= 11 is 0. The average molecular weight is 280 g/mol. The molecule has 108 valence electrons. The minimum absolute atomic E-state index is 0.683. The van der Waals surface area contributed by atoms with Gasteiger partial charge in [-0.25, -0.2) is 0 Å². The fourth-order valence-electron chi connectivity index (χ4n) is 2.86. The molecular weight excluding hydrogens is 260 g/mol. The van der Waals surface area contributed by atoms with Gasteiger partial charge in [0.1, 0.15) is 0 Å². The Balaban J connectivity index is 1.96. The zero-order valence-electron chi connectivity index (χ0n) is 12.6. The molecule has 0 amide bonds. The van der Waals surface area contributed by atoms with E-state index >= 15 is 0 Å². The topological polar surface area (TPSA) is 44.9 Å². The third-order valence-corrected chi connectivity index (χ3v) is 4.26. The lowest BCUT2D eigenvalue weighted by molar-refractivity contribution is 0.438. The summed E-state index contributed by atoms with van der Waals surface area (Å²) in [5.41, 5.74) is 3.67. The van der Waals surface area contributed by atoms with Crippen molar-refractivity contribution in [1.29, 1.82) is 5.26 Å². The first-order valence-electron chi connectivity index (χ1n) is 7.46. The minimum atomic E-state index is 0.683. The molecule has 0 radical (unpaired) electrons. The van der Waals surface area contributed by atoms with Gasteiger partial charge in [-0.1, -0.05) is 6.92 Å². The summed E-state index contributed by atoms with van der Waals surface area (Å²) in [6, 6.07) is 10.3. The Morgan fingerprint density at radius 1 is 1.24 bits per heavy atom. The molecule has 0 spiro atoms. The summed E-state index contributed by atoms with van der Waals surface area (Å²) in [5, 5.41) is 13.8. The van der Waals surface area contributed by atoms with Crippen molar-refractivity contribution in [2.75, 3.05) is 18.0 Å². The van der Waals surface area contributed by atoms with Gasteiger partial charge in [0.15, 0.2) is 0 Å². The van der Waals surface area contributed by atoms with Gasteiger partial charge in [0, 0.05) is 37.6 Å². The maximum absolute atomic E-state index is 9.32. The molecule has 4 heteroatoms. The van der Waals surface area contributed by atoms with Gasteiger partial charge in [0.05, 0.1) is 17.3 Å². The quantitative estimate of drug-likeness (QED) is 0.848. The molecule has 0 aliphatic carbocycles. The molecule has 4 nitrogen and oxygen atoms in total. The van der Waals surface area contributed by atoms with Gasteiger partial charge in [-0.3, -0.25) is 4.68 Å². The summed E-state index contributed by atoms with van der Waals surface area (Å²) < 4.78 is 1.77. The largest absolute Gasteiger partial charge is 0.371 e. The molecule has 0 atom stereocenters. The van der Waals surface area contributed by atoms with Crippen LogP contribution in [0.25, 0.3) is 11.3 Å². The predicted octanol–water partition coefficient (Wildman–Crippen LogP) is 3.20. The number of hydrogen-bond donors (Lipinski definition) is 0. The second-order valence-corrected chi connectivity index (χ2v) is 5.89. The fraction of sp³-hybridized carbons (Fsp3) is 0.412. The lowest BCUT2D eigenvalue weighted by Gasteiger charge is -2.32. The SMILES string of the molecule is CC1CCN(c2ccc(C#N)c(-c3ccn(C)n3)c2)CC1. The number of nitriles is 1. The summed E-state index contributed by atoms with van der Waals surface area (Å²) in [4.78, 5) is 2.41. The van der Waals surface area contributed by atoms with Crippen LogP contribution in [0.15, 0.2) is 30.5 Å². The van der Waals surface area contributed by atoms with Crippen LogP contribution in [0.5, 0.6) is 0 Å². The molecule has 0 saturated carbocycles. The van der Waals surface area contributed by atoms with E-state index in [0.29, 0.717) is 5.56 Å². The van der Waals surface area contributed by atoms with Crippen LogP contribution in [0.4, 0.5) is 5.69 Å². The van der Waals surface area contributed by atoms with Gasteiger partial charge in [-0.15, -0.1) is 0 Å². The zero-order valence-corrected chi connectivity index (χ0v) is 12.6. The number of nitrogens with zero attached hydrogens (tertiary/aromatic N) is 4. The van der Waals surface area contributed by atoms with Crippen molar-refractivity contribution < 1.29 is 0 Å². The molecule has 1 aliphatic rings. The van der Waals surface area contributed by atoms with Crippen molar-refractivity contribution >= 4 is 5.69 Å². The van der Waals surface area contributed by atoms with Crippen LogP contribution in [0.3, 0.4) is 0 Å². The molecule has 1 saturated heterocycles. The van der Waals surface area contributed by atoms with Gasteiger partial charge >= 0.3 is 0 Å². The Hall–Kier alpha value is -2.28. The van der Waals surface area contributed by atoms with Crippen molar-refractivity contribution in [3.8, 4) is 17.3 Å². The van der Waals surface area contributed by atoms with Crippen molar-refractivity contribution in [2.24, 2.45) is 13.0 Å². The number of benzene rings is 1. The molecule has 1 aromatic heterocycles. The number of piperidine rings is 1. The maximum atomic E-state index is 9.32. The van der Waals surface area contributed by atoms with E-state index in [9.17, 15) is 5.26 Å². The second kappa shape index (κ2) is 5.61. The summed E-state index contributed by atoms with van der Waals surface area (Å²) in [6.07, 6.45) is 4.38. The van der Waals surface area contributed by atoms with Crippen LogP contribution in [0.2, 0.25) is 0 Å². The first-order valence-corrected chi connectivity index (χ1v) is 7.46. The Bertz CT molecular complexity index is 672. The van der Waals surface area contributed by atoms with Crippen LogP contribution in [0, 0.1) is 17.2 Å². The second-order valence-electron chi connectivity index (χ2n) is 5.89. The number of anilines is 1. The molecule has 2 aromatic rings. The smallest absolute Gasteiger partial charge is 0.0998 e. The highest BCUT2D eigenvalue weighted by Crippen LogP contribution is 2.29. The Kier molecular flexibility index (Phi) is 3.66. The van der Waals surface area contributed by atoms with Gasteiger partial charge in [-0.05, 0) is 43.0 Å². The monoisotopic (exact) mass is 280 g/mol. The lowest BCUT2D eigenvalue weighted by Crippen LogP contribution is -2.32. The summed E-state index contributed by atoms with van der Waals surface area (Å²) in [5.74, 6) is 0.815. The van der Waals surface area contributed by atoms with Crippen LogP contribution in [0.1, 0.15) is 25.3 Å². The molecule has 21 heavy (non-hydrogen) atoms. The normalized spacial score (nSPS) is 16.0. The molecule has 1 aromatic carbocycles. The third kappa shape index (κ3) is 2.78. The van der Waals surface area contributed by atoms with Gasteiger partial charge < -0.3 is 4.90 Å². The standard InChI is InChI=1S/C17H20N4/c1-13-5-9-21(10-6-13)15-4-3-14(12-18)16(11-15)17-7-8-20(2)19-17/h3-4,7-8,11,13H,5-6,9-10H2,1-2H3. The number of rotatable bonds is 2. The van der Waals surface area contributed by atoms with Crippen molar-refractivity contribution in [3.63, 3.8) is 0 Å². The van der Waals surface area contributed by atoms with Crippen LogP contribution in [-0.2, 0) is 7.05 Å². The highest BCUT2D eigenvalue weighted by Gasteiger charge is 2.17. The predicted molar refractivity (Wildman–Crippen MR) is 84.0 cm³/mol.